The first-order valence-electron chi connectivity index (χ1n) is 12.7. The molecule has 2 saturated heterocycles. The van der Waals surface area contributed by atoms with Crippen molar-refractivity contribution in [3.05, 3.63) is 49.3 Å². The van der Waals surface area contributed by atoms with E-state index in [-0.39, 0.29) is 35.1 Å². The molecule has 4 N–H and O–H groups in total. The second kappa shape index (κ2) is 11.2. The predicted molar refractivity (Wildman–Crippen MR) is 138 cm³/mol. The molecule has 0 aliphatic carbocycles. The predicted octanol–water partition coefficient (Wildman–Crippen LogP) is 0.134. The molecule has 5 rings (SSSR count). The summed E-state index contributed by atoms with van der Waals surface area (Å²) in [5.41, 5.74) is 0.175. The Bertz CT molecular complexity index is 1460. The van der Waals surface area contributed by atoms with Crippen molar-refractivity contribution in [1.82, 2.24) is 28.7 Å². The number of aliphatic hydroxyl groups is 2. The summed E-state index contributed by atoms with van der Waals surface area (Å²) in [6.07, 6.45) is 2.94. The molecule has 0 saturated carbocycles. The summed E-state index contributed by atoms with van der Waals surface area (Å²) >= 11 is 0. The number of rotatable bonds is 5. The molecule has 6 atom stereocenters. The summed E-state index contributed by atoms with van der Waals surface area (Å²) in [5, 5.41) is 22.5. The molecule has 0 aromatic carbocycles. The molecule has 38 heavy (non-hydrogen) atoms. The molecule has 3 aromatic heterocycles. The average molecular weight is 534 g/mol. The van der Waals surface area contributed by atoms with Crippen molar-refractivity contribution in [1.29, 1.82) is 0 Å². The average Bonchev–Trinajstić information content (AvgIpc) is 3.61. The fraction of sp³-hybridized carbons (Fsp3) is 0.625. The number of anilines is 1. The van der Waals surface area contributed by atoms with Gasteiger partial charge in [0.15, 0.2) is 11.2 Å². The van der Waals surface area contributed by atoms with E-state index in [0.29, 0.717) is 36.4 Å². The Labute approximate surface area is 217 Å². The van der Waals surface area contributed by atoms with Crippen LogP contribution in [0.15, 0.2) is 26.9 Å². The van der Waals surface area contributed by atoms with Crippen molar-refractivity contribution in [2.45, 2.75) is 83.3 Å². The summed E-state index contributed by atoms with van der Waals surface area (Å²) < 4.78 is 15.6. The zero-order valence-corrected chi connectivity index (χ0v) is 22.1. The van der Waals surface area contributed by atoms with E-state index < -0.39 is 24.1 Å². The van der Waals surface area contributed by atoms with E-state index in [9.17, 15) is 24.6 Å². The second-order valence-corrected chi connectivity index (χ2v) is 9.54. The van der Waals surface area contributed by atoms with Crippen LogP contribution in [0.3, 0.4) is 0 Å². The number of nitrogens with zero attached hydrogens (tertiary/aromatic N) is 5. The molecule has 2 aliphatic heterocycles. The number of aromatic amines is 1. The van der Waals surface area contributed by atoms with Gasteiger partial charge in [0.25, 0.3) is 11.1 Å². The number of nitrogens with one attached hydrogen (secondary N) is 2. The fourth-order valence-electron chi connectivity index (χ4n) is 4.81. The van der Waals surface area contributed by atoms with Crippen LogP contribution >= 0.6 is 0 Å². The van der Waals surface area contributed by atoms with Gasteiger partial charge >= 0.3 is 5.69 Å². The van der Waals surface area contributed by atoms with E-state index in [1.807, 2.05) is 13.8 Å². The molecular weight excluding hydrogens is 498 g/mol. The Morgan fingerprint density at radius 1 is 1.05 bits per heavy atom. The summed E-state index contributed by atoms with van der Waals surface area (Å²) in [5.74, 6) is 0.370. The minimum absolute atomic E-state index is 0.191. The van der Waals surface area contributed by atoms with Gasteiger partial charge in [0.1, 0.15) is 12.5 Å². The van der Waals surface area contributed by atoms with E-state index in [4.69, 9.17) is 9.47 Å². The van der Waals surface area contributed by atoms with Crippen LogP contribution in [0, 0.1) is 6.92 Å². The third kappa shape index (κ3) is 5.16. The molecule has 2 fully saturated rings. The molecule has 0 bridgehead atoms. The minimum atomic E-state index is -0.565. The zero-order valence-electron chi connectivity index (χ0n) is 22.1. The van der Waals surface area contributed by atoms with Gasteiger partial charge in [-0.25, -0.2) is 9.78 Å². The molecule has 0 amide bonds. The fourth-order valence-corrected chi connectivity index (χ4v) is 4.81. The number of aryl methyl sites for hydroxylation is 1. The minimum Gasteiger partial charge on any atom is -0.390 e. The van der Waals surface area contributed by atoms with Crippen LogP contribution in [-0.2, 0) is 16.5 Å². The topological polar surface area (TPSA) is 179 Å². The lowest BCUT2D eigenvalue weighted by molar-refractivity contribution is -0.0222. The summed E-state index contributed by atoms with van der Waals surface area (Å²) in [6.45, 7) is 5.54. The van der Waals surface area contributed by atoms with Gasteiger partial charge in [-0.05, 0) is 19.8 Å². The molecule has 208 valence electrons. The highest BCUT2D eigenvalue weighted by atomic mass is 16.5. The van der Waals surface area contributed by atoms with E-state index in [1.165, 1.54) is 24.1 Å². The quantitative estimate of drug-likeness (QED) is 0.352. The van der Waals surface area contributed by atoms with Crippen molar-refractivity contribution < 1.29 is 19.7 Å². The van der Waals surface area contributed by atoms with Crippen LogP contribution < -0.4 is 22.1 Å². The lowest BCUT2D eigenvalue weighted by Crippen LogP contribution is -2.40. The maximum atomic E-state index is 12.0. The number of fused-ring (bicyclic) bond motifs is 1. The van der Waals surface area contributed by atoms with Gasteiger partial charge in [-0.1, -0.05) is 13.8 Å². The highest BCUT2D eigenvalue weighted by Gasteiger charge is 2.35. The number of hydrogen-bond donors (Lipinski definition) is 4. The van der Waals surface area contributed by atoms with Crippen LogP contribution in [0.25, 0.3) is 11.2 Å². The van der Waals surface area contributed by atoms with Gasteiger partial charge < -0.3 is 25.0 Å². The Kier molecular flexibility index (Phi) is 8.16. The molecule has 14 nitrogen and oxygen atoms in total. The summed E-state index contributed by atoms with van der Waals surface area (Å²) in [7, 11) is 3.12. The summed E-state index contributed by atoms with van der Waals surface area (Å²) in [6, 6.07) is 0. The van der Waals surface area contributed by atoms with Crippen LogP contribution in [0.2, 0.25) is 0 Å². The highest BCUT2D eigenvalue weighted by Crippen LogP contribution is 2.32. The maximum Gasteiger partial charge on any atom is 0.332 e. The highest BCUT2D eigenvalue weighted by molar-refractivity contribution is 5.70. The van der Waals surface area contributed by atoms with Gasteiger partial charge in [-0.3, -0.25) is 28.3 Å². The standard InChI is InChI=1S/C12H17N5O3.C12H18N2O4/c1-3-7-6(18)4-8(20-7)17-5-14-9-10(17)15-12(13-2)16-11(9)19;1-4-9-8(15)5-10(18-9)14-6-7(2)11(16)13(3)12(14)17/h5-8,18H,3-4H2,1-2H3,(H2,13,15,16,19);6,8-10,15H,4-5H2,1-3H3/t6?,7-,8-;8?,9-,10-/m11/s1. The molecular formula is C24H35N7O7. The molecule has 0 spiro atoms. The van der Waals surface area contributed by atoms with Crippen LogP contribution in [0.1, 0.15) is 57.6 Å². The van der Waals surface area contributed by atoms with Gasteiger partial charge in [0, 0.05) is 38.7 Å². The van der Waals surface area contributed by atoms with Crippen molar-refractivity contribution in [3.8, 4) is 0 Å². The van der Waals surface area contributed by atoms with E-state index in [1.54, 1.807) is 18.5 Å². The van der Waals surface area contributed by atoms with Gasteiger partial charge in [0.05, 0.1) is 30.7 Å². The van der Waals surface area contributed by atoms with Crippen LogP contribution in [0.5, 0.6) is 0 Å². The monoisotopic (exact) mass is 533 g/mol. The zero-order chi connectivity index (χ0) is 27.7. The Morgan fingerprint density at radius 2 is 1.63 bits per heavy atom. The van der Waals surface area contributed by atoms with E-state index in [2.05, 4.69) is 20.3 Å². The smallest absolute Gasteiger partial charge is 0.332 e. The largest absolute Gasteiger partial charge is 0.390 e. The molecule has 3 aromatic rings. The lowest BCUT2D eigenvalue weighted by atomic mass is 10.1. The number of aliphatic hydroxyl groups excluding tert-OH is 2. The van der Waals surface area contributed by atoms with E-state index >= 15 is 0 Å². The molecule has 2 unspecified atom stereocenters. The Morgan fingerprint density at radius 3 is 2.16 bits per heavy atom. The SMILES string of the molecule is CC[C@H]1O[C@@H](n2cc(C)c(=O)n(C)c2=O)CC1O.CC[C@H]1O[C@@H](n2cnc3c(=O)[nH]c(NC)nc32)CC1O. The van der Waals surface area contributed by atoms with Crippen molar-refractivity contribution >= 4 is 17.1 Å². The lowest BCUT2D eigenvalue weighted by Gasteiger charge is -2.16. The van der Waals surface area contributed by atoms with Crippen molar-refractivity contribution in [2.24, 2.45) is 7.05 Å². The van der Waals surface area contributed by atoms with Gasteiger partial charge in [-0.2, -0.15) is 4.98 Å². The molecule has 0 radical (unpaired) electrons. The molecule has 5 heterocycles. The number of H-pyrrole nitrogens is 1. The third-order valence-corrected chi connectivity index (χ3v) is 6.99. The first-order chi connectivity index (χ1) is 18.1. The van der Waals surface area contributed by atoms with Crippen molar-refractivity contribution in [3.63, 3.8) is 0 Å². The number of aromatic nitrogens is 6. The van der Waals surface area contributed by atoms with Gasteiger partial charge in [-0.15, -0.1) is 0 Å². The number of imidazole rings is 1. The first-order valence-corrected chi connectivity index (χ1v) is 12.7. The first kappa shape index (κ1) is 27.7. The van der Waals surface area contributed by atoms with Crippen LogP contribution in [0.4, 0.5) is 5.95 Å². The number of hydrogen-bond acceptors (Lipinski definition) is 10. The van der Waals surface area contributed by atoms with Crippen molar-refractivity contribution in [2.75, 3.05) is 12.4 Å². The molecule has 2 aliphatic rings. The Hall–Kier alpha value is -3.33. The normalized spacial score (nSPS) is 26.9. The summed E-state index contributed by atoms with van der Waals surface area (Å²) in [4.78, 5) is 46.4. The third-order valence-electron chi connectivity index (χ3n) is 6.99. The van der Waals surface area contributed by atoms with Crippen LogP contribution in [-0.4, -0.2) is 70.3 Å². The van der Waals surface area contributed by atoms with E-state index in [0.717, 1.165) is 11.0 Å². The Balaban J connectivity index is 0.000000178. The maximum absolute atomic E-state index is 12.0. The number of ether oxygens (including phenoxy) is 2. The van der Waals surface area contributed by atoms with Gasteiger partial charge in [0.2, 0.25) is 5.95 Å². The second-order valence-electron chi connectivity index (χ2n) is 9.54. The molecule has 14 heteroatoms.